The molecule has 1 fully saturated rings. The molecule has 116 valence electrons. The molecule has 0 aliphatic heterocycles. The molecular formula is C14H11F3N2O3. The lowest BCUT2D eigenvalue weighted by Crippen LogP contribution is -2.17. The second-order valence-corrected chi connectivity index (χ2v) is 5.00. The van der Waals surface area contributed by atoms with Crippen molar-refractivity contribution >= 4 is 5.97 Å². The van der Waals surface area contributed by atoms with Crippen LogP contribution in [0.4, 0.5) is 13.2 Å². The van der Waals surface area contributed by atoms with E-state index in [1.54, 1.807) is 0 Å². The molecule has 0 atom stereocenters. The molecule has 1 heterocycles. The number of alkyl halides is 3. The van der Waals surface area contributed by atoms with Crippen molar-refractivity contribution < 1.29 is 27.8 Å². The van der Waals surface area contributed by atoms with E-state index in [9.17, 15) is 23.1 Å². The van der Waals surface area contributed by atoms with E-state index in [4.69, 9.17) is 0 Å². The summed E-state index contributed by atoms with van der Waals surface area (Å²) in [6.07, 6.45) is -1.74. The van der Waals surface area contributed by atoms with Crippen LogP contribution in [0.25, 0.3) is 5.69 Å². The monoisotopic (exact) mass is 312 g/mol. The van der Waals surface area contributed by atoms with Crippen LogP contribution in [0, 0.1) is 0 Å². The van der Waals surface area contributed by atoms with Crippen molar-refractivity contribution in [2.24, 2.45) is 0 Å². The molecule has 2 aromatic rings. The zero-order chi connectivity index (χ0) is 15.9. The van der Waals surface area contributed by atoms with Crippen LogP contribution in [0.2, 0.25) is 0 Å². The van der Waals surface area contributed by atoms with Crippen LogP contribution in [0.5, 0.6) is 5.75 Å². The van der Waals surface area contributed by atoms with Gasteiger partial charge in [-0.3, -0.25) is 0 Å². The minimum atomic E-state index is -4.78. The Morgan fingerprint density at radius 3 is 2.68 bits per heavy atom. The number of aromatic carboxylic acids is 1. The van der Waals surface area contributed by atoms with Crippen LogP contribution >= 0.6 is 0 Å². The fourth-order valence-electron chi connectivity index (χ4n) is 2.17. The van der Waals surface area contributed by atoms with Crippen LogP contribution in [-0.2, 0) is 0 Å². The Morgan fingerprint density at radius 1 is 1.36 bits per heavy atom. The average molecular weight is 312 g/mol. The molecule has 0 radical (unpaired) electrons. The van der Waals surface area contributed by atoms with Gasteiger partial charge in [0.1, 0.15) is 11.3 Å². The van der Waals surface area contributed by atoms with Crippen molar-refractivity contribution in [3.63, 3.8) is 0 Å². The molecule has 0 amide bonds. The molecule has 1 aromatic heterocycles. The SMILES string of the molecule is O=C(O)c1cn(-c2cccc(OC(F)(F)F)c2)nc1C1CC1. The molecule has 1 aromatic carbocycles. The van der Waals surface area contributed by atoms with Gasteiger partial charge in [0.25, 0.3) is 0 Å². The molecule has 5 nitrogen and oxygen atoms in total. The minimum Gasteiger partial charge on any atom is -0.478 e. The van der Waals surface area contributed by atoms with Gasteiger partial charge in [-0.05, 0) is 25.0 Å². The number of rotatable bonds is 4. The summed E-state index contributed by atoms with van der Waals surface area (Å²) in [5, 5.41) is 13.4. The van der Waals surface area contributed by atoms with Gasteiger partial charge in [-0.2, -0.15) is 5.10 Å². The van der Waals surface area contributed by atoms with Gasteiger partial charge in [0.05, 0.1) is 11.4 Å². The van der Waals surface area contributed by atoms with Gasteiger partial charge in [0.15, 0.2) is 0 Å². The number of hydrogen-bond donors (Lipinski definition) is 1. The van der Waals surface area contributed by atoms with Crippen molar-refractivity contribution in [2.45, 2.75) is 25.1 Å². The van der Waals surface area contributed by atoms with Crippen molar-refractivity contribution in [2.75, 3.05) is 0 Å². The van der Waals surface area contributed by atoms with E-state index in [1.165, 1.54) is 29.1 Å². The number of ether oxygens (including phenoxy) is 1. The minimum absolute atomic E-state index is 0.0737. The van der Waals surface area contributed by atoms with Gasteiger partial charge in [0, 0.05) is 18.2 Å². The molecular weight excluding hydrogens is 301 g/mol. The molecule has 3 rings (SSSR count). The fraction of sp³-hybridized carbons (Fsp3) is 0.286. The highest BCUT2D eigenvalue weighted by molar-refractivity contribution is 5.89. The van der Waals surface area contributed by atoms with E-state index >= 15 is 0 Å². The van der Waals surface area contributed by atoms with Gasteiger partial charge >= 0.3 is 12.3 Å². The van der Waals surface area contributed by atoms with Crippen LogP contribution in [0.3, 0.4) is 0 Å². The maximum Gasteiger partial charge on any atom is 0.573 e. The number of halogens is 3. The summed E-state index contributed by atoms with van der Waals surface area (Å²) in [7, 11) is 0. The lowest BCUT2D eigenvalue weighted by atomic mass is 10.2. The first-order valence-corrected chi connectivity index (χ1v) is 6.52. The Bertz CT molecular complexity index is 720. The predicted octanol–water partition coefficient (Wildman–Crippen LogP) is 3.35. The molecule has 8 heteroatoms. The highest BCUT2D eigenvalue weighted by atomic mass is 19.4. The van der Waals surface area contributed by atoms with E-state index in [1.807, 2.05) is 0 Å². The van der Waals surface area contributed by atoms with Crippen molar-refractivity contribution in [1.29, 1.82) is 0 Å². The van der Waals surface area contributed by atoms with Crippen molar-refractivity contribution in [3.05, 3.63) is 41.7 Å². The number of benzene rings is 1. The standard InChI is InChI=1S/C14H11F3N2O3/c15-14(16,17)22-10-3-1-2-9(6-10)19-7-11(13(20)21)12(18-19)8-4-5-8/h1-3,6-8H,4-5H2,(H,20,21). The highest BCUT2D eigenvalue weighted by Gasteiger charge is 2.32. The third-order valence-electron chi connectivity index (χ3n) is 3.25. The average Bonchev–Trinajstić information content (AvgIpc) is 3.15. The molecule has 0 saturated heterocycles. The third kappa shape index (κ3) is 3.05. The number of aromatic nitrogens is 2. The van der Waals surface area contributed by atoms with E-state index < -0.39 is 12.3 Å². The summed E-state index contributed by atoms with van der Waals surface area (Å²) in [6, 6.07) is 5.23. The molecule has 0 bridgehead atoms. The van der Waals surface area contributed by atoms with Gasteiger partial charge < -0.3 is 9.84 Å². The quantitative estimate of drug-likeness (QED) is 0.940. The molecule has 22 heavy (non-hydrogen) atoms. The highest BCUT2D eigenvalue weighted by Crippen LogP contribution is 2.41. The molecule has 1 N–H and O–H groups in total. The summed E-state index contributed by atoms with van der Waals surface area (Å²) in [5.74, 6) is -1.37. The lowest BCUT2D eigenvalue weighted by molar-refractivity contribution is -0.274. The second kappa shape index (κ2) is 5.04. The molecule has 0 spiro atoms. The lowest BCUT2D eigenvalue weighted by Gasteiger charge is -2.09. The van der Waals surface area contributed by atoms with E-state index in [0.717, 1.165) is 18.9 Å². The maximum absolute atomic E-state index is 12.2. The van der Waals surface area contributed by atoms with E-state index in [0.29, 0.717) is 11.4 Å². The van der Waals surface area contributed by atoms with Crippen LogP contribution in [0.15, 0.2) is 30.5 Å². The number of nitrogens with zero attached hydrogens (tertiary/aromatic N) is 2. The Labute approximate surface area is 122 Å². The normalized spacial score (nSPS) is 14.9. The Kier molecular flexibility index (Phi) is 3.31. The first-order valence-electron chi connectivity index (χ1n) is 6.52. The summed E-state index contributed by atoms with van der Waals surface area (Å²) in [4.78, 5) is 11.2. The van der Waals surface area contributed by atoms with Gasteiger partial charge in [-0.15, -0.1) is 13.2 Å². The topological polar surface area (TPSA) is 64.3 Å². The number of carbonyl (C=O) groups is 1. The van der Waals surface area contributed by atoms with Crippen LogP contribution in [-0.4, -0.2) is 27.2 Å². The summed E-state index contributed by atoms with van der Waals surface area (Å²) in [5.41, 5.74) is 0.843. The van der Waals surface area contributed by atoms with Crippen LogP contribution < -0.4 is 4.74 Å². The Balaban J connectivity index is 1.95. The molecule has 1 saturated carbocycles. The van der Waals surface area contributed by atoms with Gasteiger partial charge in [-0.25, -0.2) is 9.48 Å². The molecule has 1 aliphatic rings. The number of hydrogen-bond acceptors (Lipinski definition) is 3. The summed E-state index contributed by atoms with van der Waals surface area (Å²) in [6.45, 7) is 0. The van der Waals surface area contributed by atoms with Gasteiger partial charge in [0.2, 0.25) is 0 Å². The zero-order valence-corrected chi connectivity index (χ0v) is 11.2. The molecule has 0 unspecified atom stereocenters. The Hall–Kier alpha value is -2.51. The smallest absolute Gasteiger partial charge is 0.478 e. The summed E-state index contributed by atoms with van der Waals surface area (Å²) >= 11 is 0. The summed E-state index contributed by atoms with van der Waals surface area (Å²) < 4.78 is 41.8. The third-order valence-corrected chi connectivity index (χ3v) is 3.25. The zero-order valence-electron chi connectivity index (χ0n) is 11.2. The predicted molar refractivity (Wildman–Crippen MR) is 69.2 cm³/mol. The Morgan fingerprint density at radius 2 is 2.09 bits per heavy atom. The van der Waals surface area contributed by atoms with Crippen molar-refractivity contribution in [1.82, 2.24) is 9.78 Å². The first kappa shape index (κ1) is 14.4. The van der Waals surface area contributed by atoms with Crippen molar-refractivity contribution in [3.8, 4) is 11.4 Å². The van der Waals surface area contributed by atoms with Crippen LogP contribution in [0.1, 0.15) is 34.8 Å². The largest absolute Gasteiger partial charge is 0.573 e. The molecule has 1 aliphatic carbocycles. The maximum atomic E-state index is 12.2. The number of carboxylic acid groups (broad SMARTS) is 1. The number of carboxylic acids is 1. The van der Waals surface area contributed by atoms with E-state index in [2.05, 4.69) is 9.84 Å². The van der Waals surface area contributed by atoms with Gasteiger partial charge in [-0.1, -0.05) is 6.07 Å². The van der Waals surface area contributed by atoms with E-state index in [-0.39, 0.29) is 17.2 Å². The fourth-order valence-corrected chi connectivity index (χ4v) is 2.17. The first-order chi connectivity index (χ1) is 10.3. The second-order valence-electron chi connectivity index (χ2n) is 5.00.